The summed E-state index contributed by atoms with van der Waals surface area (Å²) in [6, 6.07) is 3.40. The van der Waals surface area contributed by atoms with Crippen molar-refractivity contribution < 1.29 is 9.53 Å². The number of aromatic nitrogens is 3. The predicted octanol–water partition coefficient (Wildman–Crippen LogP) is 1.13. The molecule has 86 valence electrons. The Morgan fingerprint density at radius 2 is 2.18 bits per heavy atom. The number of amides is 1. The van der Waals surface area contributed by atoms with Gasteiger partial charge >= 0.3 is 0 Å². The van der Waals surface area contributed by atoms with Crippen LogP contribution in [0.1, 0.15) is 10.5 Å². The molecule has 2 aromatic rings. The molecule has 17 heavy (non-hydrogen) atoms. The molecule has 1 N–H and O–H groups in total. The van der Waals surface area contributed by atoms with E-state index in [1.165, 1.54) is 25.7 Å². The van der Waals surface area contributed by atoms with Crippen LogP contribution in [0.2, 0.25) is 0 Å². The largest absolute Gasteiger partial charge is 0.480 e. The van der Waals surface area contributed by atoms with Crippen LogP contribution >= 0.6 is 0 Å². The number of carbonyl (C=O) groups excluding carboxylic acids is 1. The topological polar surface area (TPSA) is 77.0 Å². The molecule has 0 fully saturated rings. The maximum atomic E-state index is 11.8. The molecule has 0 aliphatic heterocycles. The highest BCUT2D eigenvalue weighted by atomic mass is 16.5. The second kappa shape index (κ2) is 5.02. The van der Waals surface area contributed by atoms with E-state index in [0.29, 0.717) is 11.6 Å². The summed E-state index contributed by atoms with van der Waals surface area (Å²) in [5, 5.41) is 2.65. The molecule has 2 heterocycles. The van der Waals surface area contributed by atoms with Gasteiger partial charge in [-0.1, -0.05) is 0 Å². The number of hydrogen-bond acceptors (Lipinski definition) is 5. The van der Waals surface area contributed by atoms with Crippen molar-refractivity contribution in [2.24, 2.45) is 0 Å². The zero-order chi connectivity index (χ0) is 12.1. The highest BCUT2D eigenvalue weighted by Gasteiger charge is 2.10. The third-order valence-electron chi connectivity index (χ3n) is 2.01. The minimum atomic E-state index is -0.357. The van der Waals surface area contributed by atoms with Crippen LogP contribution in [0.4, 0.5) is 5.69 Å². The number of hydrogen-bond donors (Lipinski definition) is 1. The van der Waals surface area contributed by atoms with Crippen molar-refractivity contribution >= 4 is 11.6 Å². The fourth-order valence-electron chi connectivity index (χ4n) is 1.25. The number of pyridine rings is 1. The van der Waals surface area contributed by atoms with Gasteiger partial charge in [-0.2, -0.15) is 0 Å². The van der Waals surface area contributed by atoms with Crippen LogP contribution in [0.5, 0.6) is 5.88 Å². The van der Waals surface area contributed by atoms with Crippen molar-refractivity contribution in [2.45, 2.75) is 0 Å². The number of rotatable bonds is 3. The molecular formula is C11H10N4O2. The molecule has 0 aliphatic carbocycles. The first-order valence-electron chi connectivity index (χ1n) is 4.87. The van der Waals surface area contributed by atoms with Crippen LogP contribution in [0.25, 0.3) is 0 Å². The Hall–Kier alpha value is -2.50. The fraction of sp³-hybridized carbons (Fsp3) is 0.0909. The number of anilines is 1. The molecule has 0 unspecified atom stereocenters. The van der Waals surface area contributed by atoms with E-state index in [1.54, 1.807) is 18.3 Å². The van der Waals surface area contributed by atoms with Crippen molar-refractivity contribution in [1.82, 2.24) is 15.0 Å². The summed E-state index contributed by atoms with van der Waals surface area (Å²) >= 11 is 0. The molecule has 2 rings (SSSR count). The second-order valence-electron chi connectivity index (χ2n) is 3.11. The van der Waals surface area contributed by atoms with Crippen LogP contribution in [0, 0.1) is 0 Å². The summed E-state index contributed by atoms with van der Waals surface area (Å²) < 4.78 is 5.02. The lowest BCUT2D eigenvalue weighted by Crippen LogP contribution is -2.14. The fourth-order valence-corrected chi connectivity index (χ4v) is 1.25. The molecule has 6 heteroatoms. The number of nitrogens with one attached hydrogen (secondary N) is 1. The van der Waals surface area contributed by atoms with Crippen LogP contribution in [0.15, 0.2) is 36.9 Å². The summed E-state index contributed by atoms with van der Waals surface area (Å²) in [6.07, 6.45) is 5.92. The zero-order valence-electron chi connectivity index (χ0n) is 9.12. The van der Waals surface area contributed by atoms with Crippen LogP contribution in [-0.2, 0) is 0 Å². The molecule has 0 saturated heterocycles. The quantitative estimate of drug-likeness (QED) is 0.855. The first kappa shape index (κ1) is 11.0. The van der Waals surface area contributed by atoms with Gasteiger partial charge in [-0.3, -0.25) is 9.78 Å². The van der Waals surface area contributed by atoms with Gasteiger partial charge < -0.3 is 10.1 Å². The lowest BCUT2D eigenvalue weighted by molar-refractivity contribution is 0.102. The molecule has 6 nitrogen and oxygen atoms in total. The molecule has 0 bridgehead atoms. The Balaban J connectivity index is 2.19. The van der Waals surface area contributed by atoms with E-state index in [2.05, 4.69) is 20.3 Å². The monoisotopic (exact) mass is 230 g/mol. The lowest BCUT2D eigenvalue weighted by Gasteiger charge is -2.07. The van der Waals surface area contributed by atoms with Gasteiger partial charge in [0.25, 0.3) is 5.91 Å². The highest BCUT2D eigenvalue weighted by molar-refractivity contribution is 6.03. The number of methoxy groups -OCH3 is 1. The van der Waals surface area contributed by atoms with Gasteiger partial charge in [0.1, 0.15) is 11.4 Å². The normalized spacial score (nSPS) is 9.71. The van der Waals surface area contributed by atoms with Gasteiger partial charge in [0, 0.05) is 18.6 Å². The maximum Gasteiger partial charge on any atom is 0.276 e. The zero-order valence-corrected chi connectivity index (χ0v) is 9.12. The summed E-state index contributed by atoms with van der Waals surface area (Å²) in [4.78, 5) is 23.5. The Kier molecular flexibility index (Phi) is 3.25. The van der Waals surface area contributed by atoms with E-state index in [4.69, 9.17) is 4.74 Å². The molecule has 1 amide bonds. The number of ether oxygens (including phenoxy) is 1. The smallest absolute Gasteiger partial charge is 0.276 e. The summed E-state index contributed by atoms with van der Waals surface area (Å²) in [6.45, 7) is 0. The van der Waals surface area contributed by atoms with E-state index in [9.17, 15) is 4.79 Å². The summed E-state index contributed by atoms with van der Waals surface area (Å²) in [5.74, 6) is -0.00543. The van der Waals surface area contributed by atoms with Crippen molar-refractivity contribution in [3.05, 3.63) is 42.6 Å². The van der Waals surface area contributed by atoms with Crippen LogP contribution in [0.3, 0.4) is 0 Å². The van der Waals surface area contributed by atoms with Crippen LogP contribution < -0.4 is 10.1 Å². The average Bonchev–Trinajstić information content (AvgIpc) is 2.40. The van der Waals surface area contributed by atoms with E-state index in [0.717, 1.165) is 0 Å². The van der Waals surface area contributed by atoms with Gasteiger partial charge in [0.15, 0.2) is 0 Å². The van der Waals surface area contributed by atoms with Gasteiger partial charge in [0.05, 0.1) is 13.3 Å². The molecule has 0 aliphatic rings. The molecule has 0 aromatic carbocycles. The van der Waals surface area contributed by atoms with Crippen molar-refractivity contribution in [1.29, 1.82) is 0 Å². The third-order valence-corrected chi connectivity index (χ3v) is 2.01. The Bertz CT molecular complexity index is 516. The van der Waals surface area contributed by atoms with E-state index < -0.39 is 0 Å². The minimum absolute atomic E-state index is 0.235. The first-order chi connectivity index (χ1) is 8.31. The van der Waals surface area contributed by atoms with E-state index >= 15 is 0 Å². The summed E-state index contributed by atoms with van der Waals surface area (Å²) in [5.41, 5.74) is 0.726. The Morgan fingerprint density at radius 3 is 2.88 bits per heavy atom. The molecule has 0 spiro atoms. The molecule has 0 saturated carbocycles. The van der Waals surface area contributed by atoms with Crippen LogP contribution in [-0.4, -0.2) is 28.0 Å². The highest BCUT2D eigenvalue weighted by Crippen LogP contribution is 2.20. The van der Waals surface area contributed by atoms with Gasteiger partial charge in [-0.15, -0.1) is 0 Å². The Morgan fingerprint density at radius 1 is 1.29 bits per heavy atom. The van der Waals surface area contributed by atoms with Crippen molar-refractivity contribution in [3.8, 4) is 5.88 Å². The average molecular weight is 230 g/mol. The SMILES string of the molecule is COc1ncccc1NC(=O)c1cnccn1. The van der Waals surface area contributed by atoms with Gasteiger partial charge in [-0.25, -0.2) is 9.97 Å². The van der Waals surface area contributed by atoms with Gasteiger partial charge in [-0.05, 0) is 12.1 Å². The second-order valence-corrected chi connectivity index (χ2v) is 3.11. The minimum Gasteiger partial charge on any atom is -0.480 e. The molecule has 2 aromatic heterocycles. The Labute approximate surface area is 97.7 Å². The van der Waals surface area contributed by atoms with Crippen molar-refractivity contribution in [3.63, 3.8) is 0 Å². The van der Waals surface area contributed by atoms with E-state index in [1.807, 2.05) is 0 Å². The van der Waals surface area contributed by atoms with Gasteiger partial charge in [0.2, 0.25) is 5.88 Å². The third kappa shape index (κ3) is 2.54. The predicted molar refractivity (Wildman–Crippen MR) is 60.8 cm³/mol. The maximum absolute atomic E-state index is 11.8. The van der Waals surface area contributed by atoms with E-state index in [-0.39, 0.29) is 11.6 Å². The molecular weight excluding hydrogens is 220 g/mol. The summed E-state index contributed by atoms with van der Waals surface area (Å²) in [7, 11) is 1.49. The number of nitrogens with zero attached hydrogens (tertiary/aromatic N) is 3. The standard InChI is InChI=1S/C11H10N4O2/c1-17-11-8(3-2-4-14-11)15-10(16)9-7-12-5-6-13-9/h2-7H,1H3,(H,15,16). The van der Waals surface area contributed by atoms with Crippen molar-refractivity contribution in [2.75, 3.05) is 12.4 Å². The lowest BCUT2D eigenvalue weighted by atomic mass is 10.3. The number of carbonyl (C=O) groups is 1. The first-order valence-corrected chi connectivity index (χ1v) is 4.87. The molecule has 0 atom stereocenters. The molecule has 0 radical (unpaired) electrons.